The molecule has 0 aromatic rings. The monoisotopic (exact) mass is 260 g/mol. The Morgan fingerprint density at radius 3 is 2.40 bits per heavy atom. The lowest BCUT2D eigenvalue weighted by Crippen LogP contribution is -2.49. The van der Waals surface area contributed by atoms with E-state index >= 15 is 0 Å². The first-order valence-corrected chi connectivity index (χ1v) is 4.17. The van der Waals surface area contributed by atoms with Gasteiger partial charge in [0, 0.05) is 0 Å². The highest BCUT2D eigenvalue weighted by molar-refractivity contribution is 14.1. The largest absolute Gasteiger partial charge is 0.389 e. The lowest BCUT2D eigenvalue weighted by atomic mass is 10.1. The molecule has 0 aromatic carbocycles. The molecule has 10 heavy (non-hydrogen) atoms. The number of halogens is 1. The molecule has 0 aromatic heterocycles. The first-order chi connectivity index (χ1) is 4.63. The lowest BCUT2D eigenvalue weighted by Gasteiger charge is -2.31. The number of ether oxygens (including phenoxy) is 1. The summed E-state index contributed by atoms with van der Waals surface area (Å²) in [4.78, 5) is 0. The molecule has 0 saturated carbocycles. The van der Waals surface area contributed by atoms with E-state index in [0.717, 1.165) is 0 Å². The fraction of sp³-hybridized carbons (Fsp3) is 1.00. The van der Waals surface area contributed by atoms with Crippen molar-refractivity contribution in [1.82, 2.24) is 0 Å². The minimum atomic E-state index is -0.959. The summed E-state index contributed by atoms with van der Waals surface area (Å²) >= 11 is 1.84. The summed E-state index contributed by atoms with van der Waals surface area (Å²) in [5.41, 5.74) is 0. The van der Waals surface area contributed by atoms with Crippen molar-refractivity contribution in [2.45, 2.75) is 22.4 Å². The minimum Gasteiger partial charge on any atom is -0.389 e. The van der Waals surface area contributed by atoms with Crippen LogP contribution < -0.4 is 0 Å². The average molecular weight is 260 g/mol. The van der Waals surface area contributed by atoms with Gasteiger partial charge in [-0.05, 0) is 0 Å². The second kappa shape index (κ2) is 3.31. The molecule has 0 spiro atoms. The number of hydrogen-bond donors (Lipinski definition) is 3. The smallest absolute Gasteiger partial charge is 0.169 e. The van der Waals surface area contributed by atoms with Crippen molar-refractivity contribution in [2.75, 3.05) is 6.61 Å². The maximum absolute atomic E-state index is 9.12. The normalized spacial score (nSPS) is 49.2. The van der Waals surface area contributed by atoms with E-state index in [-0.39, 0.29) is 6.61 Å². The summed E-state index contributed by atoms with van der Waals surface area (Å²) in [7, 11) is 0. The molecular formula is C5H9IO4. The number of rotatable bonds is 0. The van der Waals surface area contributed by atoms with E-state index in [4.69, 9.17) is 20.1 Å². The zero-order valence-electron chi connectivity index (χ0n) is 5.14. The van der Waals surface area contributed by atoms with Crippen molar-refractivity contribution >= 4 is 22.6 Å². The van der Waals surface area contributed by atoms with Crippen LogP contribution in [0.4, 0.5) is 0 Å². The van der Waals surface area contributed by atoms with Crippen molar-refractivity contribution in [3.05, 3.63) is 0 Å². The Labute approximate surface area is 72.0 Å². The van der Waals surface area contributed by atoms with Crippen LogP contribution in [0.3, 0.4) is 0 Å². The van der Waals surface area contributed by atoms with E-state index in [1.165, 1.54) is 0 Å². The van der Waals surface area contributed by atoms with Crippen LogP contribution in [0.1, 0.15) is 0 Å². The van der Waals surface area contributed by atoms with Gasteiger partial charge in [0.05, 0.1) is 16.6 Å². The molecule has 0 aliphatic carbocycles. The summed E-state index contributed by atoms with van der Waals surface area (Å²) in [6.07, 6.45) is -2.71. The van der Waals surface area contributed by atoms with Crippen LogP contribution in [-0.4, -0.2) is 44.3 Å². The van der Waals surface area contributed by atoms with Gasteiger partial charge in [-0.1, -0.05) is 22.6 Å². The second-order valence-corrected chi connectivity index (χ2v) is 3.66. The molecule has 0 bridgehead atoms. The third-order valence-electron chi connectivity index (χ3n) is 1.43. The van der Waals surface area contributed by atoms with Gasteiger partial charge >= 0.3 is 0 Å². The third-order valence-corrected chi connectivity index (χ3v) is 2.78. The van der Waals surface area contributed by atoms with Crippen LogP contribution in [0.25, 0.3) is 0 Å². The molecule has 1 fully saturated rings. The van der Waals surface area contributed by atoms with Crippen LogP contribution in [0, 0.1) is 0 Å². The Morgan fingerprint density at radius 2 is 1.90 bits per heavy atom. The number of aliphatic hydroxyl groups is 3. The maximum Gasteiger partial charge on any atom is 0.169 e. The quantitative estimate of drug-likeness (QED) is 0.380. The van der Waals surface area contributed by atoms with Crippen molar-refractivity contribution in [2.24, 2.45) is 0 Å². The molecule has 1 rings (SSSR count). The van der Waals surface area contributed by atoms with E-state index in [1.54, 1.807) is 0 Å². The van der Waals surface area contributed by atoms with Gasteiger partial charge in [-0.15, -0.1) is 0 Å². The lowest BCUT2D eigenvalue weighted by molar-refractivity contribution is -0.184. The fourth-order valence-electron chi connectivity index (χ4n) is 0.769. The predicted molar refractivity (Wildman–Crippen MR) is 41.8 cm³/mol. The topological polar surface area (TPSA) is 69.9 Å². The highest BCUT2D eigenvalue weighted by Crippen LogP contribution is 2.20. The van der Waals surface area contributed by atoms with E-state index in [0.29, 0.717) is 0 Å². The molecule has 4 atom stereocenters. The predicted octanol–water partition coefficient (Wildman–Crippen LogP) is -1.14. The van der Waals surface area contributed by atoms with Crippen molar-refractivity contribution < 1.29 is 20.1 Å². The summed E-state index contributed by atoms with van der Waals surface area (Å²) in [6.45, 7) is 0.00182. The van der Waals surface area contributed by atoms with Gasteiger partial charge in [0.2, 0.25) is 0 Å². The van der Waals surface area contributed by atoms with Gasteiger partial charge < -0.3 is 20.1 Å². The fourth-order valence-corrected chi connectivity index (χ4v) is 1.46. The van der Waals surface area contributed by atoms with E-state index in [9.17, 15) is 0 Å². The molecule has 1 aliphatic rings. The summed E-state index contributed by atoms with van der Waals surface area (Å²) in [5.74, 6) is 0. The van der Waals surface area contributed by atoms with Crippen molar-refractivity contribution in [3.8, 4) is 0 Å². The van der Waals surface area contributed by atoms with Crippen LogP contribution in [0.2, 0.25) is 0 Å². The summed E-state index contributed by atoms with van der Waals surface area (Å²) in [5, 5.41) is 27.1. The Kier molecular flexibility index (Phi) is 2.87. The van der Waals surface area contributed by atoms with Gasteiger partial charge in [0.15, 0.2) is 6.29 Å². The highest BCUT2D eigenvalue weighted by Gasteiger charge is 2.35. The van der Waals surface area contributed by atoms with Gasteiger partial charge in [-0.25, -0.2) is 0 Å². The number of aliphatic hydroxyl groups excluding tert-OH is 3. The molecule has 1 heterocycles. The second-order valence-electron chi connectivity index (χ2n) is 2.23. The van der Waals surface area contributed by atoms with Crippen molar-refractivity contribution in [3.63, 3.8) is 0 Å². The third kappa shape index (κ3) is 1.59. The Hall–Kier alpha value is 0.570. The SMILES string of the molecule is OC1COC(O)C(I)C1O. The molecule has 0 radical (unpaired) electrons. The average Bonchev–Trinajstić information content (AvgIpc) is 1.93. The highest BCUT2D eigenvalue weighted by atomic mass is 127. The van der Waals surface area contributed by atoms with Crippen LogP contribution >= 0.6 is 22.6 Å². The molecule has 60 valence electrons. The Morgan fingerprint density at radius 1 is 1.30 bits per heavy atom. The minimum absolute atomic E-state index is 0.00182. The first kappa shape index (κ1) is 8.66. The molecular weight excluding hydrogens is 251 g/mol. The summed E-state index contributed by atoms with van der Waals surface area (Å²) < 4.78 is 4.27. The summed E-state index contributed by atoms with van der Waals surface area (Å²) in [6, 6.07) is 0. The number of hydrogen-bond acceptors (Lipinski definition) is 4. The van der Waals surface area contributed by atoms with E-state index in [1.807, 2.05) is 22.6 Å². The van der Waals surface area contributed by atoms with Gasteiger partial charge in [0.1, 0.15) is 6.10 Å². The Balaban J connectivity index is 2.52. The van der Waals surface area contributed by atoms with Crippen LogP contribution in [-0.2, 0) is 4.74 Å². The maximum atomic E-state index is 9.12. The Bertz CT molecular complexity index is 106. The number of alkyl halides is 1. The molecule has 1 aliphatic heterocycles. The molecule has 4 nitrogen and oxygen atoms in total. The molecule has 5 heteroatoms. The molecule has 0 amide bonds. The molecule has 4 unspecified atom stereocenters. The van der Waals surface area contributed by atoms with Crippen LogP contribution in [0.15, 0.2) is 0 Å². The van der Waals surface area contributed by atoms with Gasteiger partial charge in [-0.2, -0.15) is 0 Å². The van der Waals surface area contributed by atoms with Crippen molar-refractivity contribution in [1.29, 1.82) is 0 Å². The molecule has 3 N–H and O–H groups in total. The zero-order chi connectivity index (χ0) is 7.72. The standard InChI is InChI=1S/C5H9IO4/c6-3-4(8)2(7)1-10-5(3)9/h2-5,7-9H,1H2. The van der Waals surface area contributed by atoms with Gasteiger partial charge in [-0.3, -0.25) is 0 Å². The zero-order valence-corrected chi connectivity index (χ0v) is 7.30. The molecule has 1 saturated heterocycles. The van der Waals surface area contributed by atoms with Crippen LogP contribution in [0.5, 0.6) is 0 Å². The van der Waals surface area contributed by atoms with Gasteiger partial charge in [0.25, 0.3) is 0 Å². The van der Waals surface area contributed by atoms with E-state index in [2.05, 4.69) is 0 Å². The van der Waals surface area contributed by atoms with E-state index < -0.39 is 22.4 Å². The first-order valence-electron chi connectivity index (χ1n) is 2.93.